The van der Waals surface area contributed by atoms with Crippen LogP contribution in [0.1, 0.15) is 57.3 Å². The minimum atomic E-state index is -3.53. The van der Waals surface area contributed by atoms with Crippen LogP contribution in [0.25, 0.3) is 16.6 Å². The third-order valence-corrected chi connectivity index (χ3v) is 7.52. The molecule has 1 amide bonds. The van der Waals surface area contributed by atoms with Crippen LogP contribution >= 0.6 is 0 Å². The molecule has 0 saturated heterocycles. The molecule has 200 valence electrons. The van der Waals surface area contributed by atoms with E-state index in [1.165, 1.54) is 18.2 Å². The topological polar surface area (TPSA) is 156 Å². The molecule has 1 aromatic carbocycles. The summed E-state index contributed by atoms with van der Waals surface area (Å²) in [7, 11) is 0. The number of carbonyl (C=O) groups excluding carboxylic acids is 1. The standard InChI is InChI=1S/C26H21F2N5O6/c27-25(28)39-18-3-1-2-13-20(18)14-8-17(33(24(13)34)26(35,36)37)23-21(14)16-6-11(4-5-32(16)31-23)12-7-19-22(30-9-12)15(29)10-38-19/h1-7,9,14-15,17,25,35-37H,8,10,29H2. The number of aromatic nitrogens is 3. The van der Waals surface area contributed by atoms with Crippen molar-refractivity contribution in [1.82, 2.24) is 19.5 Å². The highest BCUT2D eigenvalue weighted by Gasteiger charge is 2.52. The molecule has 0 saturated carbocycles. The van der Waals surface area contributed by atoms with E-state index in [0.717, 1.165) is 11.1 Å². The number of ether oxygens (including phenoxy) is 2. The van der Waals surface area contributed by atoms with Gasteiger partial charge in [0.2, 0.25) is 0 Å². The van der Waals surface area contributed by atoms with Crippen LogP contribution in [0.2, 0.25) is 0 Å². The van der Waals surface area contributed by atoms with Gasteiger partial charge < -0.3 is 30.5 Å². The van der Waals surface area contributed by atoms with Crippen LogP contribution in [0.3, 0.4) is 0 Å². The van der Waals surface area contributed by atoms with E-state index in [4.69, 9.17) is 15.2 Å². The number of benzene rings is 1. The first-order valence-corrected chi connectivity index (χ1v) is 12.1. The van der Waals surface area contributed by atoms with Gasteiger partial charge in [0.1, 0.15) is 23.8 Å². The number of pyridine rings is 2. The Hall–Kier alpha value is -4.17. The van der Waals surface area contributed by atoms with E-state index < -0.39 is 30.6 Å². The summed E-state index contributed by atoms with van der Waals surface area (Å²) in [5.41, 5.74) is 9.73. The van der Waals surface area contributed by atoms with Gasteiger partial charge in [-0.05, 0) is 42.3 Å². The lowest BCUT2D eigenvalue weighted by molar-refractivity contribution is -0.385. The number of amides is 1. The lowest BCUT2D eigenvalue weighted by Gasteiger charge is -2.34. The van der Waals surface area contributed by atoms with Crippen molar-refractivity contribution in [3.63, 3.8) is 0 Å². The number of nitrogens with zero attached hydrogens (tertiary/aromatic N) is 4. The number of rotatable bonds is 4. The Bertz CT molecular complexity index is 1670. The Morgan fingerprint density at radius 3 is 2.72 bits per heavy atom. The second-order valence-electron chi connectivity index (χ2n) is 9.74. The van der Waals surface area contributed by atoms with E-state index in [9.17, 15) is 28.9 Å². The molecule has 13 heteroatoms. The number of hydrogen-bond donors (Lipinski definition) is 4. The van der Waals surface area contributed by atoms with E-state index in [1.54, 1.807) is 23.0 Å². The molecule has 3 aliphatic rings. The third-order valence-electron chi connectivity index (χ3n) is 7.52. The number of alkyl halides is 2. The summed E-state index contributed by atoms with van der Waals surface area (Å²) in [5.74, 6) is -1.28. The summed E-state index contributed by atoms with van der Waals surface area (Å²) >= 11 is 0. The maximum Gasteiger partial charge on any atom is 0.387 e. The second kappa shape index (κ2) is 8.16. The van der Waals surface area contributed by atoms with Crippen LogP contribution in [0.5, 0.6) is 11.5 Å². The average molecular weight is 537 g/mol. The molecule has 5 heterocycles. The Kier molecular flexibility index (Phi) is 5.01. The van der Waals surface area contributed by atoms with Crippen molar-refractivity contribution in [1.29, 1.82) is 0 Å². The van der Waals surface area contributed by atoms with Crippen LogP contribution in [0.4, 0.5) is 8.78 Å². The molecule has 1 aliphatic carbocycles. The number of aliphatic hydroxyl groups is 3. The molecular formula is C26H21F2N5O6. The van der Waals surface area contributed by atoms with E-state index in [2.05, 4.69) is 10.1 Å². The number of nitrogens with two attached hydrogens (primary N) is 1. The summed E-state index contributed by atoms with van der Waals surface area (Å²) in [5, 5.41) is 35.2. The Balaban J connectivity index is 1.44. The SMILES string of the molecule is NC1COc2cc(-c3ccn4nc5c(c4c3)C3CC5N(C(O)(O)O)C(=O)c4cccc(OC(F)F)c43)cnc21. The summed E-state index contributed by atoms with van der Waals surface area (Å²) in [6.07, 6.45) is -0.113. The highest BCUT2D eigenvalue weighted by molar-refractivity contribution is 5.98. The second-order valence-corrected chi connectivity index (χ2v) is 9.74. The Morgan fingerprint density at radius 2 is 1.95 bits per heavy atom. The number of hydrogen-bond acceptors (Lipinski definition) is 9. The van der Waals surface area contributed by atoms with Crippen LogP contribution in [-0.2, 0) is 0 Å². The molecule has 0 fully saturated rings. The van der Waals surface area contributed by atoms with Crippen LogP contribution in [-0.4, -0.2) is 60.0 Å². The molecule has 4 aromatic rings. The summed E-state index contributed by atoms with van der Waals surface area (Å²) < 4.78 is 38.7. The van der Waals surface area contributed by atoms with Crippen molar-refractivity contribution in [3.8, 4) is 22.6 Å². The van der Waals surface area contributed by atoms with Gasteiger partial charge in [0.25, 0.3) is 5.91 Å². The van der Waals surface area contributed by atoms with Crippen LogP contribution in [0, 0.1) is 0 Å². The number of halogens is 2. The predicted octanol–water partition coefficient (Wildman–Crippen LogP) is 2.01. The fraction of sp³-hybridized carbons (Fsp3) is 0.269. The van der Waals surface area contributed by atoms with E-state index in [1.807, 2.05) is 12.1 Å². The number of fused-ring (bicyclic) bond motifs is 10. The Labute approximate surface area is 218 Å². The van der Waals surface area contributed by atoms with Gasteiger partial charge in [-0.1, -0.05) is 6.07 Å². The molecule has 3 aromatic heterocycles. The van der Waals surface area contributed by atoms with E-state index in [-0.39, 0.29) is 29.3 Å². The zero-order chi connectivity index (χ0) is 27.2. The molecule has 7 rings (SSSR count). The van der Waals surface area contributed by atoms with Gasteiger partial charge in [0, 0.05) is 40.6 Å². The predicted molar refractivity (Wildman–Crippen MR) is 129 cm³/mol. The smallest absolute Gasteiger partial charge is 0.387 e. The zero-order valence-corrected chi connectivity index (χ0v) is 20.0. The van der Waals surface area contributed by atoms with Gasteiger partial charge in [-0.25, -0.2) is 4.52 Å². The number of carbonyl (C=O) groups is 1. The largest absolute Gasteiger partial charge is 0.490 e. The third kappa shape index (κ3) is 3.51. The van der Waals surface area contributed by atoms with Crippen molar-refractivity contribution < 1.29 is 38.4 Å². The normalized spacial score (nSPS) is 21.6. The van der Waals surface area contributed by atoms with Crippen molar-refractivity contribution >= 4 is 11.4 Å². The molecule has 0 radical (unpaired) electrons. The van der Waals surface area contributed by atoms with Crippen molar-refractivity contribution in [2.24, 2.45) is 5.73 Å². The lowest BCUT2D eigenvalue weighted by atomic mass is 9.88. The van der Waals surface area contributed by atoms with Crippen LogP contribution < -0.4 is 15.2 Å². The molecule has 2 bridgehead atoms. The highest BCUT2D eigenvalue weighted by atomic mass is 19.3. The zero-order valence-electron chi connectivity index (χ0n) is 20.0. The summed E-state index contributed by atoms with van der Waals surface area (Å²) in [6.45, 7) is -2.82. The summed E-state index contributed by atoms with van der Waals surface area (Å²) in [4.78, 5) is 18.4. The fourth-order valence-corrected chi connectivity index (χ4v) is 5.98. The van der Waals surface area contributed by atoms with E-state index >= 15 is 0 Å². The minimum absolute atomic E-state index is 0.0519. The molecular weight excluding hydrogens is 516 g/mol. The van der Waals surface area contributed by atoms with Gasteiger partial charge in [0.05, 0.1) is 23.3 Å². The van der Waals surface area contributed by atoms with Gasteiger partial charge in [-0.3, -0.25) is 14.7 Å². The van der Waals surface area contributed by atoms with Gasteiger partial charge >= 0.3 is 12.7 Å². The molecule has 11 nitrogen and oxygen atoms in total. The Morgan fingerprint density at radius 1 is 1.13 bits per heavy atom. The average Bonchev–Trinajstić information content (AvgIpc) is 3.52. The fourth-order valence-electron chi connectivity index (χ4n) is 5.98. The van der Waals surface area contributed by atoms with Crippen molar-refractivity contribution in [3.05, 3.63) is 76.9 Å². The maximum absolute atomic E-state index is 13.4. The molecule has 0 spiro atoms. The molecule has 2 aliphatic heterocycles. The minimum Gasteiger partial charge on any atom is -0.490 e. The molecule has 39 heavy (non-hydrogen) atoms. The lowest BCUT2D eigenvalue weighted by Crippen LogP contribution is -2.53. The molecule has 3 unspecified atom stereocenters. The highest BCUT2D eigenvalue weighted by Crippen LogP contribution is 2.55. The van der Waals surface area contributed by atoms with Gasteiger partial charge in [-0.2, -0.15) is 13.9 Å². The van der Waals surface area contributed by atoms with Crippen molar-refractivity contribution in [2.75, 3.05) is 6.61 Å². The first-order chi connectivity index (χ1) is 18.6. The van der Waals surface area contributed by atoms with Crippen LogP contribution in [0.15, 0.2) is 48.8 Å². The van der Waals surface area contributed by atoms with E-state index in [0.29, 0.717) is 39.7 Å². The maximum atomic E-state index is 13.4. The molecule has 5 N–H and O–H groups in total. The quantitative estimate of drug-likeness (QED) is 0.286. The first kappa shape index (κ1) is 23.9. The first-order valence-electron chi connectivity index (χ1n) is 12.1. The monoisotopic (exact) mass is 537 g/mol. The van der Waals surface area contributed by atoms with Crippen molar-refractivity contribution in [2.45, 2.75) is 37.1 Å². The molecule has 3 atom stereocenters. The van der Waals surface area contributed by atoms with Gasteiger partial charge in [-0.15, -0.1) is 0 Å². The summed E-state index contributed by atoms with van der Waals surface area (Å²) in [6, 6.07) is 8.15. The van der Waals surface area contributed by atoms with Gasteiger partial charge in [0.15, 0.2) is 0 Å².